The van der Waals surface area contributed by atoms with Crippen LogP contribution < -0.4 is 30.7 Å². The van der Waals surface area contributed by atoms with Gasteiger partial charge in [0.15, 0.2) is 0 Å². The minimum Gasteiger partial charge on any atom is -0.478 e. The second-order valence-electron chi connectivity index (χ2n) is 12.6. The Morgan fingerprint density at radius 2 is 1.86 bits per heavy atom. The number of rotatable bonds is 16. The SMILES string of the molecule is COc1nc(CCCNC(=O)CNc2cccc3c2C(=O)N(C2CCC(=O)NC2=O)C3=O)cnc1NS(=O)(=O)c1ccc(NC(=O)/C=C/c2ccc([N+](=O)[O-])s2)cc1. The molecule has 2 aliphatic rings. The van der Waals surface area contributed by atoms with Crippen molar-refractivity contribution >= 4 is 85.1 Å². The molecule has 58 heavy (non-hydrogen) atoms. The van der Waals surface area contributed by atoms with E-state index in [1.165, 1.54) is 74.0 Å². The first kappa shape index (κ1) is 40.6. The molecule has 2 aromatic carbocycles. The molecule has 1 atom stereocenters. The summed E-state index contributed by atoms with van der Waals surface area (Å²) in [5.74, 6) is -3.79. The highest BCUT2D eigenvalue weighted by Crippen LogP contribution is 2.32. The molecule has 0 bridgehead atoms. The van der Waals surface area contributed by atoms with Crippen molar-refractivity contribution in [1.29, 1.82) is 0 Å². The zero-order chi connectivity index (χ0) is 41.6. The molecule has 6 amide bonds. The lowest BCUT2D eigenvalue weighted by Crippen LogP contribution is -2.54. The molecule has 1 saturated heterocycles. The number of nitro groups is 1. The molecule has 0 spiro atoms. The van der Waals surface area contributed by atoms with Gasteiger partial charge in [0, 0.05) is 41.4 Å². The summed E-state index contributed by atoms with van der Waals surface area (Å²) < 4.78 is 33.8. The molecule has 0 saturated carbocycles. The number of aryl methyl sites for hydroxylation is 1. The van der Waals surface area contributed by atoms with E-state index >= 15 is 0 Å². The summed E-state index contributed by atoms with van der Waals surface area (Å²) in [6, 6.07) is 11.6. The highest BCUT2D eigenvalue weighted by molar-refractivity contribution is 7.92. The van der Waals surface area contributed by atoms with E-state index in [9.17, 15) is 47.3 Å². The van der Waals surface area contributed by atoms with Crippen molar-refractivity contribution in [1.82, 2.24) is 25.5 Å². The van der Waals surface area contributed by atoms with Crippen molar-refractivity contribution in [3.05, 3.63) is 98.7 Å². The highest BCUT2D eigenvalue weighted by Gasteiger charge is 2.45. The summed E-state index contributed by atoms with van der Waals surface area (Å²) in [7, 11) is -2.87. The molecule has 5 N–H and O–H groups in total. The van der Waals surface area contributed by atoms with E-state index in [0.717, 1.165) is 16.2 Å². The van der Waals surface area contributed by atoms with Crippen LogP contribution in [0, 0.1) is 10.1 Å². The lowest BCUT2D eigenvalue weighted by molar-refractivity contribution is -0.380. The van der Waals surface area contributed by atoms with Crippen LogP contribution in [0.3, 0.4) is 0 Å². The third kappa shape index (κ3) is 9.30. The van der Waals surface area contributed by atoms with E-state index in [4.69, 9.17) is 4.74 Å². The number of carbonyl (C=O) groups is 6. The molecule has 1 fully saturated rings. The second-order valence-corrected chi connectivity index (χ2v) is 15.4. The average molecular weight is 832 g/mol. The maximum Gasteiger partial charge on any atom is 0.324 e. The first-order valence-electron chi connectivity index (χ1n) is 17.4. The minimum atomic E-state index is -4.16. The lowest BCUT2D eigenvalue weighted by atomic mass is 10.0. The second kappa shape index (κ2) is 17.4. The topological polar surface area (TPSA) is 278 Å². The molecule has 22 heteroatoms. The van der Waals surface area contributed by atoms with Gasteiger partial charge in [-0.15, -0.1) is 0 Å². The van der Waals surface area contributed by atoms with E-state index in [-0.39, 0.29) is 64.3 Å². The van der Waals surface area contributed by atoms with Crippen molar-refractivity contribution in [3.8, 4) is 5.88 Å². The third-order valence-electron chi connectivity index (χ3n) is 8.68. The Labute approximate surface area is 333 Å². The number of aromatic nitrogens is 2. The van der Waals surface area contributed by atoms with Crippen LogP contribution in [0.2, 0.25) is 0 Å². The van der Waals surface area contributed by atoms with Crippen LogP contribution in [0.5, 0.6) is 5.88 Å². The number of sulfonamides is 1. The summed E-state index contributed by atoms with van der Waals surface area (Å²) in [4.78, 5) is 95.2. The minimum absolute atomic E-state index is 0.0118. The summed E-state index contributed by atoms with van der Waals surface area (Å²) in [5.41, 5.74) is 1.08. The Hall–Kier alpha value is -7.07. The number of hydrogen-bond donors (Lipinski definition) is 5. The van der Waals surface area contributed by atoms with Crippen molar-refractivity contribution in [3.63, 3.8) is 0 Å². The maximum absolute atomic E-state index is 13.3. The molecule has 0 radical (unpaired) electrons. The van der Waals surface area contributed by atoms with Crippen molar-refractivity contribution in [2.45, 2.75) is 36.6 Å². The number of amides is 6. The largest absolute Gasteiger partial charge is 0.478 e. The van der Waals surface area contributed by atoms with Crippen LogP contribution in [0.15, 0.2) is 71.8 Å². The van der Waals surface area contributed by atoms with E-state index in [0.29, 0.717) is 29.1 Å². The quantitative estimate of drug-likeness (QED) is 0.0357. The maximum atomic E-state index is 13.3. The van der Waals surface area contributed by atoms with Crippen LogP contribution >= 0.6 is 11.3 Å². The fourth-order valence-corrected chi connectivity index (χ4v) is 7.64. The predicted octanol–water partition coefficient (Wildman–Crippen LogP) is 2.47. The number of carbonyl (C=O) groups excluding carboxylic acids is 6. The molecule has 2 aromatic heterocycles. The number of imide groups is 2. The molecular formula is C36H33N9O11S2. The van der Waals surface area contributed by atoms with Crippen LogP contribution in [-0.4, -0.2) is 89.9 Å². The fraction of sp³-hybridized carbons (Fsp3) is 0.222. The number of methoxy groups -OCH3 is 1. The van der Waals surface area contributed by atoms with Gasteiger partial charge in [-0.05, 0) is 67.8 Å². The number of benzene rings is 2. The third-order valence-corrected chi connectivity index (χ3v) is 11.0. The van der Waals surface area contributed by atoms with Crippen molar-refractivity contribution < 1.29 is 46.8 Å². The van der Waals surface area contributed by atoms with Gasteiger partial charge in [0.25, 0.3) is 27.7 Å². The number of hydrogen-bond acceptors (Lipinski definition) is 15. The van der Waals surface area contributed by atoms with Gasteiger partial charge in [-0.3, -0.25) is 53.8 Å². The number of nitrogens with one attached hydrogen (secondary N) is 5. The Balaban J connectivity index is 0.964. The number of anilines is 3. The Morgan fingerprint density at radius 1 is 1.09 bits per heavy atom. The van der Waals surface area contributed by atoms with Gasteiger partial charge in [-0.25, -0.2) is 18.4 Å². The van der Waals surface area contributed by atoms with E-state index in [1.807, 2.05) is 0 Å². The molecule has 4 heterocycles. The van der Waals surface area contributed by atoms with E-state index in [1.54, 1.807) is 6.07 Å². The van der Waals surface area contributed by atoms with Crippen molar-refractivity contribution in [2.75, 3.05) is 35.6 Å². The van der Waals surface area contributed by atoms with E-state index < -0.39 is 56.4 Å². The molecule has 300 valence electrons. The number of thiophene rings is 1. The average Bonchev–Trinajstić information content (AvgIpc) is 3.78. The smallest absolute Gasteiger partial charge is 0.324 e. The summed E-state index contributed by atoms with van der Waals surface area (Å²) in [5, 5.41) is 21.1. The number of ether oxygens (including phenoxy) is 1. The molecule has 4 aromatic rings. The molecule has 20 nitrogen and oxygen atoms in total. The molecule has 0 aliphatic carbocycles. The van der Waals surface area contributed by atoms with E-state index in [2.05, 4.69) is 36.0 Å². The first-order chi connectivity index (χ1) is 27.7. The van der Waals surface area contributed by atoms with Gasteiger partial charge in [0.2, 0.25) is 29.4 Å². The Bertz CT molecular complexity index is 2470. The monoisotopic (exact) mass is 831 g/mol. The standard InChI is InChI=1S/C36H33N9O11S2/c1-56-34-32(43-58(54,55)23-11-7-20(8-12-23)40-27(46)14-9-22-10-16-30(57-22)45(52)53)39-18-21(41-34)4-3-17-37-29(48)19-38-25-6-2-5-24-31(25)36(51)44(35(24)50)26-13-15-28(47)42-33(26)49/h2,5-12,14,16,18,26,38H,3-4,13,15,17,19H2,1H3,(H,37,48)(H,39,43)(H,40,46)(H,42,47,49)/b14-9+. The summed E-state index contributed by atoms with van der Waals surface area (Å²) >= 11 is 0.908. The first-order valence-corrected chi connectivity index (χ1v) is 19.6. The van der Waals surface area contributed by atoms with Crippen LogP contribution in [0.25, 0.3) is 6.08 Å². The summed E-state index contributed by atoms with van der Waals surface area (Å²) in [6.07, 6.45) is 4.72. The number of piperidine rings is 1. The normalized spacial score (nSPS) is 15.2. The molecule has 1 unspecified atom stereocenters. The number of nitrogens with zero attached hydrogens (tertiary/aromatic N) is 4. The van der Waals surface area contributed by atoms with Gasteiger partial charge < -0.3 is 20.7 Å². The van der Waals surface area contributed by atoms with Gasteiger partial charge >= 0.3 is 5.00 Å². The fourth-order valence-electron chi connectivity index (χ4n) is 5.91. The van der Waals surface area contributed by atoms with Gasteiger partial charge in [-0.2, -0.15) is 0 Å². The van der Waals surface area contributed by atoms with Gasteiger partial charge in [0.1, 0.15) is 6.04 Å². The van der Waals surface area contributed by atoms with Crippen LogP contribution in [-0.2, 0) is 35.6 Å². The molecule has 6 rings (SSSR count). The summed E-state index contributed by atoms with van der Waals surface area (Å²) in [6.45, 7) is -0.0157. The Kier molecular flexibility index (Phi) is 12.2. The van der Waals surface area contributed by atoms with Crippen LogP contribution in [0.4, 0.5) is 22.2 Å². The van der Waals surface area contributed by atoms with Gasteiger partial charge in [-0.1, -0.05) is 17.4 Å². The zero-order valence-corrected chi connectivity index (χ0v) is 32.0. The van der Waals surface area contributed by atoms with Crippen molar-refractivity contribution in [2.24, 2.45) is 0 Å². The van der Waals surface area contributed by atoms with Gasteiger partial charge in [0.05, 0.1) is 46.5 Å². The lowest BCUT2D eigenvalue weighted by Gasteiger charge is -2.27. The van der Waals surface area contributed by atoms with Crippen LogP contribution in [0.1, 0.15) is 50.5 Å². The molecule has 2 aliphatic heterocycles. The predicted molar refractivity (Wildman–Crippen MR) is 207 cm³/mol. The zero-order valence-electron chi connectivity index (χ0n) is 30.3. The molecular weight excluding hydrogens is 799 g/mol. The number of fused-ring (bicyclic) bond motifs is 1. The highest BCUT2D eigenvalue weighted by atomic mass is 32.2. The Morgan fingerprint density at radius 3 is 2.57 bits per heavy atom.